The maximum Gasteiger partial charge on any atom is 0.334 e. The molecule has 17 heavy (non-hydrogen) atoms. The van der Waals surface area contributed by atoms with E-state index in [1.807, 2.05) is 13.8 Å². The van der Waals surface area contributed by atoms with Gasteiger partial charge in [-0.1, -0.05) is 11.6 Å². The van der Waals surface area contributed by atoms with Crippen molar-refractivity contribution in [3.8, 4) is 0 Å². The van der Waals surface area contributed by atoms with Gasteiger partial charge >= 0.3 is 7.60 Å². The number of rotatable bonds is 10. The average Bonchev–Trinajstić information content (AvgIpc) is 2.24. The zero-order valence-corrected chi connectivity index (χ0v) is 12.0. The lowest BCUT2D eigenvalue weighted by Crippen LogP contribution is -2.02. The predicted octanol–water partition coefficient (Wildman–Crippen LogP) is 3.17. The van der Waals surface area contributed by atoms with Crippen LogP contribution in [0.4, 0.5) is 0 Å². The maximum atomic E-state index is 12.2. The van der Waals surface area contributed by atoms with Gasteiger partial charge in [0.05, 0.1) is 26.0 Å². The van der Waals surface area contributed by atoms with E-state index < -0.39 is 7.60 Å². The van der Waals surface area contributed by atoms with E-state index in [-0.39, 0.29) is 6.16 Å². The summed E-state index contributed by atoms with van der Waals surface area (Å²) in [4.78, 5) is 9.57. The van der Waals surface area contributed by atoms with Crippen molar-refractivity contribution >= 4 is 7.60 Å². The van der Waals surface area contributed by atoms with Crippen LogP contribution in [0.3, 0.4) is 0 Å². The largest absolute Gasteiger partial charge is 0.334 e. The Hall–Kier alpha value is -0.190. The van der Waals surface area contributed by atoms with Gasteiger partial charge in [-0.15, -0.1) is 0 Å². The summed E-state index contributed by atoms with van der Waals surface area (Å²) < 4.78 is 22.5. The molecule has 0 atom stereocenters. The van der Waals surface area contributed by atoms with Gasteiger partial charge in [-0.3, -0.25) is 4.57 Å². The molecule has 0 saturated heterocycles. The van der Waals surface area contributed by atoms with Gasteiger partial charge in [0.2, 0.25) is 0 Å². The molecule has 0 spiro atoms. The molecule has 0 aliphatic carbocycles. The highest BCUT2D eigenvalue weighted by atomic mass is 31.2. The Kier molecular flexibility index (Phi) is 9.69. The molecular formula is C11H23O5P. The second-order valence-corrected chi connectivity index (χ2v) is 5.40. The van der Waals surface area contributed by atoms with Crippen LogP contribution in [-0.2, 0) is 23.4 Å². The van der Waals surface area contributed by atoms with Crippen LogP contribution in [0.25, 0.3) is 0 Å². The Labute approximate surface area is 104 Å². The van der Waals surface area contributed by atoms with Gasteiger partial charge in [0, 0.05) is 0 Å². The summed E-state index contributed by atoms with van der Waals surface area (Å²) in [6.07, 6.45) is 2.09. The van der Waals surface area contributed by atoms with Crippen LogP contribution in [0.5, 0.6) is 0 Å². The molecule has 0 bridgehead atoms. The summed E-state index contributed by atoms with van der Waals surface area (Å²) in [5.41, 5.74) is 0.898. The number of hydrogen-bond donors (Lipinski definition) is 0. The van der Waals surface area contributed by atoms with Crippen LogP contribution in [0.15, 0.2) is 11.6 Å². The molecule has 0 amide bonds. The summed E-state index contributed by atoms with van der Waals surface area (Å²) >= 11 is 0. The first kappa shape index (κ1) is 16.8. The fraction of sp³-hybridized carbons (Fsp3) is 0.818. The van der Waals surface area contributed by atoms with Crippen molar-refractivity contribution in [2.75, 3.05) is 32.6 Å². The Morgan fingerprint density at radius 3 is 2.12 bits per heavy atom. The fourth-order valence-corrected chi connectivity index (χ4v) is 2.98. The van der Waals surface area contributed by atoms with Crippen molar-refractivity contribution in [3.63, 3.8) is 0 Å². The molecule has 0 aliphatic rings. The van der Waals surface area contributed by atoms with Gasteiger partial charge in [0.25, 0.3) is 0 Å². The molecule has 0 N–H and O–H groups in total. The van der Waals surface area contributed by atoms with Crippen LogP contribution in [0, 0.1) is 0 Å². The summed E-state index contributed by atoms with van der Waals surface area (Å²) in [5.74, 6) is 0. The van der Waals surface area contributed by atoms with Gasteiger partial charge < -0.3 is 9.05 Å². The van der Waals surface area contributed by atoms with Crippen LogP contribution in [0.2, 0.25) is 0 Å². The lowest BCUT2D eigenvalue weighted by molar-refractivity contribution is -0.282. The van der Waals surface area contributed by atoms with Gasteiger partial charge in [-0.2, -0.15) is 0 Å². The molecule has 0 rings (SSSR count). The minimum Gasteiger partial charge on any atom is -0.309 e. The van der Waals surface area contributed by atoms with Gasteiger partial charge in [0.15, 0.2) is 0 Å². The molecule has 5 nitrogen and oxygen atoms in total. The molecule has 102 valence electrons. The predicted molar refractivity (Wildman–Crippen MR) is 67.1 cm³/mol. The summed E-state index contributed by atoms with van der Waals surface area (Å²) in [5, 5.41) is 0. The lowest BCUT2D eigenvalue weighted by atomic mass is 10.3. The Morgan fingerprint density at radius 2 is 1.65 bits per heavy atom. The standard InChI is InChI=1S/C11H23O5P/c1-5-13-14-9-8-11(4)10-17(12,15-6-2)16-7-3/h8H,5-7,9-10H2,1-4H3. The van der Waals surface area contributed by atoms with Gasteiger partial charge in [0.1, 0.15) is 6.61 Å². The molecule has 0 saturated carbocycles. The topological polar surface area (TPSA) is 54.0 Å². The quantitative estimate of drug-likeness (QED) is 0.200. The highest BCUT2D eigenvalue weighted by Crippen LogP contribution is 2.49. The van der Waals surface area contributed by atoms with Crippen molar-refractivity contribution in [1.82, 2.24) is 0 Å². The first-order valence-electron chi connectivity index (χ1n) is 5.86. The second kappa shape index (κ2) is 9.80. The van der Waals surface area contributed by atoms with E-state index in [9.17, 15) is 4.57 Å². The average molecular weight is 266 g/mol. The Balaban J connectivity index is 4.19. The highest BCUT2D eigenvalue weighted by Gasteiger charge is 2.23. The van der Waals surface area contributed by atoms with E-state index in [2.05, 4.69) is 0 Å². The smallest absolute Gasteiger partial charge is 0.309 e. The van der Waals surface area contributed by atoms with Crippen molar-refractivity contribution in [3.05, 3.63) is 11.6 Å². The molecule has 0 heterocycles. The minimum absolute atomic E-state index is 0.282. The third kappa shape index (κ3) is 8.52. The van der Waals surface area contributed by atoms with Gasteiger partial charge in [-0.25, -0.2) is 9.78 Å². The molecular weight excluding hydrogens is 243 g/mol. The van der Waals surface area contributed by atoms with E-state index >= 15 is 0 Å². The SMILES string of the molecule is CCOOCC=C(C)CP(=O)(OCC)OCC. The zero-order chi connectivity index (χ0) is 13.1. The van der Waals surface area contributed by atoms with E-state index in [1.165, 1.54) is 0 Å². The maximum absolute atomic E-state index is 12.2. The van der Waals surface area contributed by atoms with Crippen LogP contribution >= 0.6 is 7.60 Å². The van der Waals surface area contributed by atoms with Crippen molar-refractivity contribution in [2.45, 2.75) is 27.7 Å². The van der Waals surface area contributed by atoms with Crippen LogP contribution in [0.1, 0.15) is 27.7 Å². The second-order valence-electron chi connectivity index (χ2n) is 3.35. The molecule has 0 radical (unpaired) electrons. The fourth-order valence-electron chi connectivity index (χ4n) is 1.20. The molecule has 0 fully saturated rings. The van der Waals surface area contributed by atoms with E-state index in [0.717, 1.165) is 5.57 Å². The number of hydrogen-bond acceptors (Lipinski definition) is 5. The van der Waals surface area contributed by atoms with E-state index in [1.54, 1.807) is 19.9 Å². The van der Waals surface area contributed by atoms with Crippen molar-refractivity contribution in [2.24, 2.45) is 0 Å². The zero-order valence-electron chi connectivity index (χ0n) is 11.1. The highest BCUT2D eigenvalue weighted by molar-refractivity contribution is 7.54. The van der Waals surface area contributed by atoms with Crippen molar-refractivity contribution in [1.29, 1.82) is 0 Å². The lowest BCUT2D eigenvalue weighted by Gasteiger charge is -2.17. The van der Waals surface area contributed by atoms with Crippen molar-refractivity contribution < 1.29 is 23.4 Å². The monoisotopic (exact) mass is 266 g/mol. The van der Waals surface area contributed by atoms with Crippen LogP contribution in [-0.4, -0.2) is 32.6 Å². The number of allylic oxidation sites excluding steroid dienone is 1. The first-order valence-corrected chi connectivity index (χ1v) is 7.59. The molecule has 0 aliphatic heterocycles. The van der Waals surface area contributed by atoms with Crippen LogP contribution < -0.4 is 0 Å². The Bertz CT molecular complexity index is 255. The minimum atomic E-state index is -3.00. The molecule has 0 unspecified atom stereocenters. The third-order valence-corrected chi connectivity index (χ3v) is 3.98. The normalized spacial score (nSPS) is 13.1. The first-order chi connectivity index (χ1) is 8.08. The Morgan fingerprint density at radius 1 is 1.06 bits per heavy atom. The molecule has 0 aromatic carbocycles. The molecule has 6 heteroatoms. The third-order valence-electron chi connectivity index (χ3n) is 1.80. The summed E-state index contributed by atoms with van der Waals surface area (Å²) in [6, 6.07) is 0. The summed E-state index contributed by atoms with van der Waals surface area (Å²) in [6.45, 7) is 8.88. The van der Waals surface area contributed by atoms with E-state index in [0.29, 0.717) is 26.4 Å². The summed E-state index contributed by atoms with van der Waals surface area (Å²) in [7, 11) is -3.00. The molecule has 0 aromatic rings. The van der Waals surface area contributed by atoms with Gasteiger partial charge in [-0.05, 0) is 27.7 Å². The molecule has 0 aromatic heterocycles. The van der Waals surface area contributed by atoms with E-state index in [4.69, 9.17) is 18.8 Å².